The van der Waals surface area contributed by atoms with Gasteiger partial charge in [-0.3, -0.25) is 4.90 Å². The van der Waals surface area contributed by atoms with Gasteiger partial charge in [-0.25, -0.2) is 0 Å². The summed E-state index contributed by atoms with van der Waals surface area (Å²) in [5, 5.41) is 2.13. The van der Waals surface area contributed by atoms with E-state index >= 15 is 0 Å². The number of thiophene rings is 1. The second-order valence-corrected chi connectivity index (χ2v) is 6.69. The molecule has 1 aromatic heterocycles. The van der Waals surface area contributed by atoms with Gasteiger partial charge in [-0.15, -0.1) is 11.3 Å². The fourth-order valence-corrected chi connectivity index (χ4v) is 4.27. The first kappa shape index (κ1) is 14.5. The summed E-state index contributed by atoms with van der Waals surface area (Å²) >= 11 is 1.80. The van der Waals surface area contributed by atoms with Crippen LogP contribution in [0.25, 0.3) is 0 Å². The third kappa shape index (κ3) is 2.78. The van der Waals surface area contributed by atoms with Crippen molar-refractivity contribution in [2.45, 2.75) is 44.1 Å². The lowest BCUT2D eigenvalue weighted by atomic mass is 9.97. The topological polar surface area (TPSA) is 47.7 Å². The summed E-state index contributed by atoms with van der Waals surface area (Å²) in [5.74, 6) is -0.374. The average molecular weight is 296 g/mol. The molecule has 4 nitrogen and oxygen atoms in total. The molecule has 112 valence electrons. The monoisotopic (exact) mass is 296 g/mol. The first-order chi connectivity index (χ1) is 9.74. The molecule has 2 saturated heterocycles. The van der Waals surface area contributed by atoms with Crippen LogP contribution in [0, 0.1) is 0 Å². The summed E-state index contributed by atoms with van der Waals surface area (Å²) in [5.41, 5.74) is 6.41. The Morgan fingerprint density at radius 2 is 2.25 bits per heavy atom. The fraction of sp³-hybridized carbons (Fsp3) is 0.733. The lowest BCUT2D eigenvalue weighted by Crippen LogP contribution is -2.53. The van der Waals surface area contributed by atoms with Crippen LogP contribution in [-0.2, 0) is 9.47 Å². The van der Waals surface area contributed by atoms with E-state index in [1.807, 2.05) is 0 Å². The van der Waals surface area contributed by atoms with Gasteiger partial charge in [0.05, 0.1) is 25.8 Å². The highest BCUT2D eigenvalue weighted by Crippen LogP contribution is 2.36. The van der Waals surface area contributed by atoms with Crippen molar-refractivity contribution < 1.29 is 9.47 Å². The number of rotatable bonds is 4. The first-order valence-corrected chi connectivity index (χ1v) is 8.43. The van der Waals surface area contributed by atoms with Crippen molar-refractivity contribution in [2.75, 3.05) is 26.3 Å². The van der Waals surface area contributed by atoms with Crippen molar-refractivity contribution in [3.05, 3.63) is 22.4 Å². The summed E-state index contributed by atoms with van der Waals surface area (Å²) < 4.78 is 11.8. The highest BCUT2D eigenvalue weighted by Gasteiger charge is 2.43. The third-order valence-electron chi connectivity index (χ3n) is 4.37. The summed E-state index contributed by atoms with van der Waals surface area (Å²) in [6.45, 7) is 5.51. The Morgan fingerprint density at radius 3 is 2.90 bits per heavy atom. The lowest BCUT2D eigenvalue weighted by molar-refractivity contribution is -0.195. The molecule has 1 spiro atoms. The number of likely N-dealkylation sites (tertiary alicyclic amines) is 1. The Labute approximate surface area is 124 Å². The maximum absolute atomic E-state index is 6.41. The van der Waals surface area contributed by atoms with E-state index in [1.165, 1.54) is 4.88 Å². The summed E-state index contributed by atoms with van der Waals surface area (Å²) in [6, 6.07) is 4.75. The molecule has 2 aliphatic rings. The normalized spacial score (nSPS) is 25.9. The third-order valence-corrected chi connectivity index (χ3v) is 5.31. The molecule has 1 aromatic rings. The van der Waals surface area contributed by atoms with Gasteiger partial charge in [-0.2, -0.15) is 0 Å². The van der Waals surface area contributed by atoms with Crippen molar-refractivity contribution in [2.24, 2.45) is 5.73 Å². The quantitative estimate of drug-likeness (QED) is 0.926. The van der Waals surface area contributed by atoms with E-state index in [2.05, 4.69) is 29.3 Å². The van der Waals surface area contributed by atoms with E-state index in [4.69, 9.17) is 15.2 Å². The number of hydrogen-bond donors (Lipinski definition) is 1. The van der Waals surface area contributed by atoms with E-state index in [-0.39, 0.29) is 17.9 Å². The highest BCUT2D eigenvalue weighted by atomic mass is 32.1. The zero-order valence-corrected chi connectivity index (χ0v) is 12.9. The molecule has 20 heavy (non-hydrogen) atoms. The molecule has 0 bridgehead atoms. The van der Waals surface area contributed by atoms with Crippen LogP contribution in [0.15, 0.2) is 17.5 Å². The molecule has 0 radical (unpaired) electrons. The largest absolute Gasteiger partial charge is 0.346 e. The molecule has 0 aromatic carbocycles. The van der Waals surface area contributed by atoms with Gasteiger partial charge in [0.1, 0.15) is 0 Å². The van der Waals surface area contributed by atoms with Gasteiger partial charge < -0.3 is 15.2 Å². The van der Waals surface area contributed by atoms with Crippen LogP contribution in [0.3, 0.4) is 0 Å². The summed E-state index contributed by atoms with van der Waals surface area (Å²) in [7, 11) is 0. The van der Waals surface area contributed by atoms with Gasteiger partial charge in [0.25, 0.3) is 0 Å². The van der Waals surface area contributed by atoms with Crippen molar-refractivity contribution >= 4 is 11.3 Å². The smallest absolute Gasteiger partial charge is 0.181 e. The molecular weight excluding hydrogens is 272 g/mol. The van der Waals surface area contributed by atoms with E-state index < -0.39 is 0 Å². The Kier molecular flexibility index (Phi) is 4.43. The van der Waals surface area contributed by atoms with Crippen LogP contribution >= 0.6 is 11.3 Å². The Morgan fingerprint density at radius 1 is 1.45 bits per heavy atom. The van der Waals surface area contributed by atoms with Crippen LogP contribution in [-0.4, -0.2) is 43.0 Å². The lowest BCUT2D eigenvalue weighted by Gasteiger charge is -2.43. The highest BCUT2D eigenvalue weighted by molar-refractivity contribution is 7.10. The van der Waals surface area contributed by atoms with Crippen molar-refractivity contribution in [1.29, 1.82) is 0 Å². The molecule has 0 saturated carbocycles. The van der Waals surface area contributed by atoms with Crippen LogP contribution < -0.4 is 5.73 Å². The zero-order valence-electron chi connectivity index (χ0n) is 12.1. The SMILES string of the molecule is CCC(N)C(c1cccs1)N1CCCC2(C1)OCCO2. The van der Waals surface area contributed by atoms with E-state index in [1.54, 1.807) is 11.3 Å². The molecule has 2 unspecified atom stereocenters. The molecular formula is C15H24N2O2S. The van der Waals surface area contributed by atoms with Crippen molar-refractivity contribution in [3.8, 4) is 0 Å². The summed E-state index contributed by atoms with van der Waals surface area (Å²) in [6.07, 6.45) is 3.09. The molecule has 5 heteroatoms. The minimum absolute atomic E-state index is 0.158. The number of piperidine rings is 1. The Balaban J connectivity index is 1.80. The van der Waals surface area contributed by atoms with E-state index in [0.717, 1.165) is 45.6 Å². The van der Waals surface area contributed by atoms with E-state index in [9.17, 15) is 0 Å². The molecule has 2 aliphatic heterocycles. The Hall–Kier alpha value is -0.460. The van der Waals surface area contributed by atoms with Crippen LogP contribution in [0.2, 0.25) is 0 Å². The summed E-state index contributed by atoms with van der Waals surface area (Å²) in [4.78, 5) is 3.82. The van der Waals surface area contributed by atoms with E-state index in [0.29, 0.717) is 0 Å². The van der Waals surface area contributed by atoms with Gasteiger partial charge in [0.15, 0.2) is 5.79 Å². The Bertz CT molecular complexity index is 418. The number of hydrogen-bond acceptors (Lipinski definition) is 5. The molecule has 0 aliphatic carbocycles. The van der Waals surface area contributed by atoms with Crippen molar-refractivity contribution in [1.82, 2.24) is 4.90 Å². The van der Waals surface area contributed by atoms with Crippen LogP contribution in [0.5, 0.6) is 0 Å². The predicted octanol–water partition coefficient (Wildman–Crippen LogP) is 2.37. The fourth-order valence-electron chi connectivity index (χ4n) is 3.33. The maximum atomic E-state index is 6.41. The van der Waals surface area contributed by atoms with Gasteiger partial charge >= 0.3 is 0 Å². The average Bonchev–Trinajstić information content (AvgIpc) is 3.12. The molecule has 3 heterocycles. The second-order valence-electron chi connectivity index (χ2n) is 5.71. The standard InChI is InChI=1S/C15H24N2O2S/c1-2-12(16)14(13-5-3-10-20-13)17-7-4-6-15(11-17)18-8-9-19-15/h3,5,10,12,14H,2,4,6-9,11,16H2,1H3. The molecule has 3 rings (SSSR count). The molecule has 2 fully saturated rings. The second kappa shape index (κ2) is 6.12. The molecule has 2 N–H and O–H groups in total. The predicted molar refractivity (Wildman–Crippen MR) is 80.8 cm³/mol. The van der Waals surface area contributed by atoms with Crippen LogP contribution in [0.1, 0.15) is 37.1 Å². The minimum Gasteiger partial charge on any atom is -0.346 e. The number of nitrogens with zero attached hydrogens (tertiary/aromatic N) is 1. The number of ether oxygens (including phenoxy) is 2. The first-order valence-electron chi connectivity index (χ1n) is 7.55. The van der Waals surface area contributed by atoms with Gasteiger partial charge in [0.2, 0.25) is 0 Å². The van der Waals surface area contributed by atoms with Gasteiger partial charge in [-0.05, 0) is 30.8 Å². The van der Waals surface area contributed by atoms with Crippen LogP contribution in [0.4, 0.5) is 0 Å². The number of nitrogens with two attached hydrogens (primary N) is 1. The van der Waals surface area contributed by atoms with Crippen molar-refractivity contribution in [3.63, 3.8) is 0 Å². The van der Waals surface area contributed by atoms with Gasteiger partial charge in [0, 0.05) is 17.3 Å². The molecule has 0 amide bonds. The van der Waals surface area contributed by atoms with Gasteiger partial charge in [-0.1, -0.05) is 13.0 Å². The molecule has 2 atom stereocenters. The minimum atomic E-state index is -0.374. The zero-order chi connectivity index (χ0) is 14.0. The maximum Gasteiger partial charge on any atom is 0.181 e.